The zero-order valence-electron chi connectivity index (χ0n) is 11.4. The van der Waals surface area contributed by atoms with Crippen molar-refractivity contribution < 1.29 is 9.18 Å². The number of benzene rings is 1. The molecule has 5 heteroatoms. The van der Waals surface area contributed by atoms with Crippen LogP contribution in [-0.4, -0.2) is 10.5 Å². The summed E-state index contributed by atoms with van der Waals surface area (Å²) < 4.78 is 15.6. The van der Waals surface area contributed by atoms with Gasteiger partial charge in [0.25, 0.3) is 5.91 Å². The first-order chi connectivity index (χ1) is 9.52. The topological polar surface area (TPSA) is 34.0 Å². The summed E-state index contributed by atoms with van der Waals surface area (Å²) in [7, 11) is 0. The Labute approximate surface area is 125 Å². The first kappa shape index (κ1) is 14.8. The van der Waals surface area contributed by atoms with Gasteiger partial charge in [-0.1, -0.05) is 6.92 Å². The lowest BCUT2D eigenvalue weighted by atomic mass is 10.2. The summed E-state index contributed by atoms with van der Waals surface area (Å²) in [5.41, 5.74) is 1.90. The number of anilines is 1. The number of rotatable bonds is 4. The molecule has 0 saturated carbocycles. The molecule has 106 valence electrons. The van der Waals surface area contributed by atoms with Crippen molar-refractivity contribution in [2.45, 2.75) is 26.8 Å². The van der Waals surface area contributed by atoms with Gasteiger partial charge in [0, 0.05) is 18.4 Å². The molecule has 1 heterocycles. The van der Waals surface area contributed by atoms with Gasteiger partial charge in [-0.15, -0.1) is 0 Å². The van der Waals surface area contributed by atoms with Crippen molar-refractivity contribution in [1.29, 1.82) is 0 Å². The Balaban J connectivity index is 2.23. The smallest absolute Gasteiger partial charge is 0.272 e. The normalized spacial score (nSPS) is 10.6. The average molecular weight is 339 g/mol. The Kier molecular flexibility index (Phi) is 4.60. The number of halogens is 2. The molecule has 0 saturated heterocycles. The molecule has 0 aliphatic heterocycles. The number of carbonyl (C=O) groups excluding carboxylic acids is 1. The van der Waals surface area contributed by atoms with E-state index in [0.717, 1.165) is 13.0 Å². The molecule has 3 nitrogen and oxygen atoms in total. The van der Waals surface area contributed by atoms with E-state index in [1.54, 1.807) is 19.1 Å². The van der Waals surface area contributed by atoms with Crippen LogP contribution in [0.15, 0.2) is 34.9 Å². The van der Waals surface area contributed by atoms with Crippen LogP contribution in [-0.2, 0) is 6.54 Å². The van der Waals surface area contributed by atoms with Crippen molar-refractivity contribution in [1.82, 2.24) is 4.57 Å². The third kappa shape index (κ3) is 3.10. The minimum atomic E-state index is -0.338. The number of hydrogen-bond donors (Lipinski definition) is 1. The van der Waals surface area contributed by atoms with Gasteiger partial charge in [-0.3, -0.25) is 4.79 Å². The van der Waals surface area contributed by atoms with Gasteiger partial charge in [0.1, 0.15) is 11.5 Å². The van der Waals surface area contributed by atoms with Gasteiger partial charge >= 0.3 is 0 Å². The van der Waals surface area contributed by atoms with E-state index in [2.05, 4.69) is 28.2 Å². The molecule has 1 N–H and O–H groups in total. The fraction of sp³-hybridized carbons (Fsp3) is 0.267. The third-order valence-electron chi connectivity index (χ3n) is 3.04. The van der Waals surface area contributed by atoms with Gasteiger partial charge < -0.3 is 9.88 Å². The monoisotopic (exact) mass is 338 g/mol. The third-order valence-corrected chi connectivity index (χ3v) is 3.65. The van der Waals surface area contributed by atoms with E-state index in [0.29, 0.717) is 21.4 Å². The highest BCUT2D eigenvalue weighted by Gasteiger charge is 2.13. The van der Waals surface area contributed by atoms with Crippen molar-refractivity contribution >= 4 is 27.5 Å². The predicted octanol–water partition coefficient (Wildman–Crippen LogP) is 4.36. The first-order valence-electron chi connectivity index (χ1n) is 6.45. The Morgan fingerprint density at radius 1 is 1.45 bits per heavy atom. The summed E-state index contributed by atoms with van der Waals surface area (Å²) in [5, 5.41) is 2.82. The first-order valence-corrected chi connectivity index (χ1v) is 7.24. The van der Waals surface area contributed by atoms with Crippen LogP contribution in [0.1, 0.15) is 29.4 Å². The number of hydrogen-bond acceptors (Lipinski definition) is 1. The molecule has 1 aromatic carbocycles. The van der Waals surface area contributed by atoms with Crippen LogP contribution in [0.3, 0.4) is 0 Å². The minimum absolute atomic E-state index is 0.190. The number of nitrogens with zero attached hydrogens (tertiary/aromatic N) is 1. The minimum Gasteiger partial charge on any atom is -0.344 e. The largest absolute Gasteiger partial charge is 0.344 e. The zero-order valence-corrected chi connectivity index (χ0v) is 13.0. The number of carbonyl (C=O) groups is 1. The summed E-state index contributed by atoms with van der Waals surface area (Å²) in [6.45, 7) is 4.61. The molecule has 0 aliphatic rings. The summed E-state index contributed by atoms with van der Waals surface area (Å²) >= 11 is 3.13. The molecule has 0 fully saturated rings. The number of aromatic nitrogens is 1. The van der Waals surface area contributed by atoms with Crippen LogP contribution in [0.25, 0.3) is 0 Å². The van der Waals surface area contributed by atoms with Gasteiger partial charge in [-0.25, -0.2) is 4.39 Å². The maximum Gasteiger partial charge on any atom is 0.272 e. The van der Waals surface area contributed by atoms with Crippen LogP contribution in [0, 0.1) is 12.7 Å². The van der Waals surface area contributed by atoms with Crippen LogP contribution in [0.5, 0.6) is 0 Å². The van der Waals surface area contributed by atoms with E-state index in [4.69, 9.17) is 0 Å². The van der Waals surface area contributed by atoms with E-state index < -0.39 is 0 Å². The van der Waals surface area contributed by atoms with E-state index in [1.165, 1.54) is 6.07 Å². The second kappa shape index (κ2) is 6.22. The summed E-state index contributed by atoms with van der Waals surface area (Å²) in [5.74, 6) is -0.528. The van der Waals surface area contributed by atoms with Gasteiger partial charge in [0.05, 0.1) is 4.47 Å². The van der Waals surface area contributed by atoms with E-state index in [9.17, 15) is 9.18 Å². The molecular formula is C15H16BrFN2O. The molecule has 0 atom stereocenters. The Bertz CT molecular complexity index is 637. The quantitative estimate of drug-likeness (QED) is 0.882. The van der Waals surface area contributed by atoms with Crippen molar-refractivity contribution in [3.05, 3.63) is 52.0 Å². The number of aryl methyl sites for hydroxylation is 2. The highest BCUT2D eigenvalue weighted by atomic mass is 79.9. The molecule has 0 radical (unpaired) electrons. The maximum atomic E-state index is 13.4. The molecule has 2 aromatic rings. The van der Waals surface area contributed by atoms with Crippen LogP contribution in [0.2, 0.25) is 0 Å². The Hall–Kier alpha value is -1.62. The predicted molar refractivity (Wildman–Crippen MR) is 81.5 cm³/mol. The van der Waals surface area contributed by atoms with Crippen LogP contribution in [0.4, 0.5) is 10.1 Å². The summed E-state index contributed by atoms with van der Waals surface area (Å²) in [6, 6.07) is 6.59. The lowest BCUT2D eigenvalue weighted by molar-refractivity contribution is 0.101. The highest BCUT2D eigenvalue weighted by molar-refractivity contribution is 9.10. The zero-order chi connectivity index (χ0) is 14.7. The van der Waals surface area contributed by atoms with Gasteiger partial charge in [-0.2, -0.15) is 0 Å². The lowest BCUT2D eigenvalue weighted by Gasteiger charge is -2.11. The second-order valence-electron chi connectivity index (χ2n) is 4.62. The molecule has 0 spiro atoms. The fourth-order valence-electron chi connectivity index (χ4n) is 2.02. The Morgan fingerprint density at radius 3 is 2.90 bits per heavy atom. The summed E-state index contributed by atoms with van der Waals surface area (Å²) in [6.07, 6.45) is 2.84. The molecule has 0 aliphatic carbocycles. The highest BCUT2D eigenvalue weighted by Crippen LogP contribution is 2.24. The van der Waals surface area contributed by atoms with E-state index in [1.807, 2.05) is 16.8 Å². The molecule has 2 rings (SSSR count). The fourth-order valence-corrected chi connectivity index (χ4v) is 2.37. The summed E-state index contributed by atoms with van der Waals surface area (Å²) in [4.78, 5) is 12.3. The second-order valence-corrected chi connectivity index (χ2v) is 5.48. The maximum absolute atomic E-state index is 13.4. The number of nitrogens with one attached hydrogen (secondary N) is 1. The van der Waals surface area contributed by atoms with Crippen molar-refractivity contribution in [2.75, 3.05) is 5.32 Å². The standard InChI is InChI=1S/C15H16BrFN2O/c1-3-6-19-7-4-5-14(19)15(20)18-13-9-11(16)12(17)8-10(13)2/h4-5,7-9H,3,6H2,1-2H3,(H,18,20). The lowest BCUT2D eigenvalue weighted by Crippen LogP contribution is -2.17. The van der Waals surface area contributed by atoms with Crippen LogP contribution >= 0.6 is 15.9 Å². The van der Waals surface area contributed by atoms with Gasteiger partial charge in [0.2, 0.25) is 0 Å². The van der Waals surface area contributed by atoms with Crippen molar-refractivity contribution in [2.24, 2.45) is 0 Å². The van der Waals surface area contributed by atoms with Crippen molar-refractivity contribution in [3.8, 4) is 0 Å². The van der Waals surface area contributed by atoms with Crippen LogP contribution < -0.4 is 5.32 Å². The molecule has 0 unspecified atom stereocenters. The molecule has 20 heavy (non-hydrogen) atoms. The van der Waals surface area contributed by atoms with E-state index in [-0.39, 0.29) is 11.7 Å². The molecule has 0 bridgehead atoms. The SMILES string of the molecule is CCCn1cccc1C(=O)Nc1cc(Br)c(F)cc1C. The Morgan fingerprint density at radius 2 is 2.20 bits per heavy atom. The van der Waals surface area contributed by atoms with Crippen molar-refractivity contribution in [3.63, 3.8) is 0 Å². The molecular weight excluding hydrogens is 323 g/mol. The van der Waals surface area contributed by atoms with Gasteiger partial charge in [-0.05, 0) is 59.1 Å². The average Bonchev–Trinajstić information content (AvgIpc) is 2.84. The molecule has 1 amide bonds. The van der Waals surface area contributed by atoms with Gasteiger partial charge in [0.15, 0.2) is 0 Å². The van der Waals surface area contributed by atoms with E-state index >= 15 is 0 Å². The number of amides is 1. The molecule has 1 aromatic heterocycles.